The van der Waals surface area contributed by atoms with E-state index in [-0.39, 0.29) is 11.3 Å². The van der Waals surface area contributed by atoms with Gasteiger partial charge in [0.25, 0.3) is 10.0 Å². The molecule has 8 heteroatoms. The summed E-state index contributed by atoms with van der Waals surface area (Å²) < 4.78 is 24.1. The van der Waals surface area contributed by atoms with Crippen LogP contribution in [0.25, 0.3) is 11.3 Å². The standard InChI is InChI=1S/C17H15N3O3S2/c21-16(19-20-25(22,23)14-9-5-2-6-10-14)11-17-18-15(12-24-17)13-7-3-1-4-8-13/h1-10,12,20H,11H2,(H,19,21). The first-order valence-corrected chi connectivity index (χ1v) is 9.76. The minimum atomic E-state index is -3.78. The van der Waals surface area contributed by atoms with Gasteiger partial charge >= 0.3 is 0 Å². The Bertz CT molecular complexity index is 955. The van der Waals surface area contributed by atoms with E-state index in [4.69, 9.17) is 0 Å². The normalized spacial score (nSPS) is 11.2. The maximum Gasteiger partial charge on any atom is 0.257 e. The lowest BCUT2D eigenvalue weighted by atomic mass is 10.2. The summed E-state index contributed by atoms with van der Waals surface area (Å²) in [5, 5.41) is 2.47. The van der Waals surface area contributed by atoms with Gasteiger partial charge in [-0.05, 0) is 12.1 Å². The Hall–Kier alpha value is -2.55. The monoisotopic (exact) mass is 373 g/mol. The second kappa shape index (κ2) is 7.56. The third-order valence-electron chi connectivity index (χ3n) is 3.31. The van der Waals surface area contributed by atoms with Gasteiger partial charge in [0, 0.05) is 10.9 Å². The van der Waals surface area contributed by atoms with Crippen LogP contribution in [-0.4, -0.2) is 19.3 Å². The number of thiazole rings is 1. The van der Waals surface area contributed by atoms with Crippen molar-refractivity contribution < 1.29 is 13.2 Å². The summed E-state index contributed by atoms with van der Waals surface area (Å²) in [6.07, 6.45) is -0.00515. The van der Waals surface area contributed by atoms with Crippen molar-refractivity contribution in [2.75, 3.05) is 0 Å². The van der Waals surface area contributed by atoms with Gasteiger partial charge in [-0.25, -0.2) is 13.4 Å². The summed E-state index contributed by atoms with van der Waals surface area (Å²) >= 11 is 1.35. The molecule has 3 rings (SSSR count). The zero-order valence-electron chi connectivity index (χ0n) is 13.0. The average Bonchev–Trinajstić information content (AvgIpc) is 3.10. The van der Waals surface area contributed by atoms with E-state index in [0.717, 1.165) is 11.3 Å². The largest absolute Gasteiger partial charge is 0.277 e. The Morgan fingerprint density at radius 3 is 2.32 bits per heavy atom. The van der Waals surface area contributed by atoms with Gasteiger partial charge in [-0.3, -0.25) is 10.2 Å². The number of nitrogens with one attached hydrogen (secondary N) is 2. The lowest BCUT2D eigenvalue weighted by molar-refractivity contribution is -0.120. The molecule has 0 radical (unpaired) electrons. The van der Waals surface area contributed by atoms with Crippen LogP contribution in [0.2, 0.25) is 0 Å². The summed E-state index contributed by atoms with van der Waals surface area (Å²) in [5.74, 6) is -0.478. The van der Waals surface area contributed by atoms with Crippen LogP contribution >= 0.6 is 11.3 Å². The van der Waals surface area contributed by atoms with Crippen molar-refractivity contribution in [1.82, 2.24) is 15.2 Å². The van der Waals surface area contributed by atoms with Crippen LogP contribution in [0.4, 0.5) is 0 Å². The van der Waals surface area contributed by atoms with Crippen LogP contribution in [0.1, 0.15) is 5.01 Å². The number of benzene rings is 2. The molecule has 0 aliphatic carbocycles. The van der Waals surface area contributed by atoms with Crippen LogP contribution in [-0.2, 0) is 21.2 Å². The number of carbonyl (C=O) groups is 1. The Labute approximate surface area is 149 Å². The number of aromatic nitrogens is 1. The Balaban J connectivity index is 1.59. The molecule has 0 aliphatic rings. The van der Waals surface area contributed by atoms with Gasteiger partial charge in [0.1, 0.15) is 5.01 Å². The van der Waals surface area contributed by atoms with Crippen LogP contribution in [0.15, 0.2) is 70.9 Å². The van der Waals surface area contributed by atoms with Gasteiger partial charge in [-0.1, -0.05) is 48.5 Å². The van der Waals surface area contributed by atoms with E-state index < -0.39 is 15.9 Å². The number of rotatable bonds is 6. The van der Waals surface area contributed by atoms with Gasteiger partial charge in [-0.2, -0.15) is 0 Å². The van der Waals surface area contributed by atoms with Gasteiger partial charge in [0.05, 0.1) is 17.0 Å². The zero-order valence-corrected chi connectivity index (χ0v) is 14.7. The molecule has 1 heterocycles. The number of sulfonamides is 1. The highest BCUT2D eigenvalue weighted by Gasteiger charge is 2.15. The van der Waals surface area contributed by atoms with Crippen LogP contribution in [0.5, 0.6) is 0 Å². The van der Waals surface area contributed by atoms with Crippen LogP contribution < -0.4 is 10.3 Å². The highest BCUT2D eigenvalue weighted by molar-refractivity contribution is 7.89. The smallest absolute Gasteiger partial charge is 0.257 e. The minimum Gasteiger partial charge on any atom is -0.277 e. The summed E-state index contributed by atoms with van der Waals surface area (Å²) in [6, 6.07) is 17.4. The van der Waals surface area contributed by atoms with Gasteiger partial charge in [0.15, 0.2) is 0 Å². The lowest BCUT2D eigenvalue weighted by Gasteiger charge is -2.07. The van der Waals surface area contributed by atoms with Gasteiger partial charge in [-0.15, -0.1) is 16.2 Å². The third-order valence-corrected chi connectivity index (χ3v) is 5.42. The van der Waals surface area contributed by atoms with Crippen molar-refractivity contribution in [1.29, 1.82) is 0 Å². The highest BCUT2D eigenvalue weighted by atomic mass is 32.2. The van der Waals surface area contributed by atoms with Crippen molar-refractivity contribution in [3.05, 3.63) is 71.1 Å². The SMILES string of the molecule is O=C(Cc1nc(-c2ccccc2)cs1)NNS(=O)(=O)c1ccccc1. The maximum absolute atomic E-state index is 12.0. The molecule has 0 unspecified atom stereocenters. The molecule has 0 aliphatic heterocycles. The van der Waals surface area contributed by atoms with Crippen molar-refractivity contribution >= 4 is 27.3 Å². The van der Waals surface area contributed by atoms with E-state index in [0.29, 0.717) is 5.01 Å². The molecule has 0 spiro atoms. The molecule has 2 aromatic carbocycles. The van der Waals surface area contributed by atoms with Crippen molar-refractivity contribution in [2.24, 2.45) is 0 Å². The van der Waals surface area contributed by atoms with E-state index in [1.807, 2.05) is 35.7 Å². The van der Waals surface area contributed by atoms with E-state index >= 15 is 0 Å². The van der Waals surface area contributed by atoms with Gasteiger partial charge in [0.2, 0.25) is 5.91 Å². The first-order chi connectivity index (χ1) is 12.0. The van der Waals surface area contributed by atoms with Crippen molar-refractivity contribution in [3.8, 4) is 11.3 Å². The number of hydrogen-bond acceptors (Lipinski definition) is 5. The second-order valence-corrected chi connectivity index (χ2v) is 7.76. The summed E-state index contributed by atoms with van der Waals surface area (Å²) in [6.45, 7) is 0. The fourth-order valence-electron chi connectivity index (χ4n) is 2.10. The Kier molecular flexibility index (Phi) is 5.22. The molecule has 1 aromatic heterocycles. The molecule has 2 N–H and O–H groups in total. The molecule has 0 bridgehead atoms. The average molecular weight is 373 g/mol. The van der Waals surface area contributed by atoms with Crippen LogP contribution in [0, 0.1) is 0 Å². The molecule has 128 valence electrons. The van der Waals surface area contributed by atoms with E-state index in [9.17, 15) is 13.2 Å². The fourth-order valence-corrected chi connectivity index (χ4v) is 3.78. The minimum absolute atomic E-state index is 0.00515. The molecule has 25 heavy (non-hydrogen) atoms. The zero-order chi connectivity index (χ0) is 17.7. The maximum atomic E-state index is 12.0. The lowest BCUT2D eigenvalue weighted by Crippen LogP contribution is -2.42. The molecule has 0 saturated heterocycles. The number of amides is 1. The Morgan fingerprint density at radius 2 is 1.64 bits per heavy atom. The highest BCUT2D eigenvalue weighted by Crippen LogP contribution is 2.21. The van der Waals surface area contributed by atoms with E-state index in [1.165, 1.54) is 23.5 Å². The van der Waals surface area contributed by atoms with Gasteiger partial charge < -0.3 is 0 Å². The molecule has 0 fully saturated rings. The van der Waals surface area contributed by atoms with Crippen molar-refractivity contribution in [3.63, 3.8) is 0 Å². The predicted molar refractivity (Wildman–Crippen MR) is 96.2 cm³/mol. The van der Waals surface area contributed by atoms with Crippen molar-refractivity contribution in [2.45, 2.75) is 11.3 Å². The number of hydrogen-bond donors (Lipinski definition) is 2. The first kappa shape index (κ1) is 17.3. The summed E-state index contributed by atoms with van der Waals surface area (Å²) in [7, 11) is -3.78. The second-order valence-electron chi connectivity index (χ2n) is 5.14. The van der Waals surface area contributed by atoms with E-state index in [1.54, 1.807) is 18.2 Å². The first-order valence-electron chi connectivity index (χ1n) is 7.40. The molecule has 3 aromatic rings. The molecule has 6 nitrogen and oxygen atoms in total. The number of nitrogens with zero attached hydrogens (tertiary/aromatic N) is 1. The van der Waals surface area contributed by atoms with E-state index in [2.05, 4.69) is 15.2 Å². The fraction of sp³-hybridized carbons (Fsp3) is 0.0588. The quantitative estimate of drug-likeness (QED) is 0.649. The van der Waals surface area contributed by atoms with Crippen LogP contribution in [0.3, 0.4) is 0 Å². The predicted octanol–water partition coefficient (Wildman–Crippen LogP) is 2.36. The third kappa shape index (κ3) is 4.50. The summed E-state index contributed by atoms with van der Waals surface area (Å²) in [4.78, 5) is 18.5. The molecule has 1 amide bonds. The summed E-state index contributed by atoms with van der Waals surface area (Å²) in [5.41, 5.74) is 3.97. The molecule has 0 atom stereocenters. The molecular weight excluding hydrogens is 358 g/mol. The Morgan fingerprint density at radius 1 is 1.00 bits per heavy atom. The molecule has 0 saturated carbocycles. The molecular formula is C17H15N3O3S2. The number of hydrazine groups is 1. The number of carbonyl (C=O) groups excluding carboxylic acids is 1. The topological polar surface area (TPSA) is 88.2 Å².